The number of benzene rings is 1. The molecule has 2 heterocycles. The first-order chi connectivity index (χ1) is 21.3. The summed E-state index contributed by atoms with van der Waals surface area (Å²) in [7, 11) is 0. The van der Waals surface area contributed by atoms with Crippen molar-refractivity contribution in [2.45, 2.75) is 0 Å². The third-order valence-corrected chi connectivity index (χ3v) is 6.79. The van der Waals surface area contributed by atoms with Gasteiger partial charge >= 0.3 is 5.95 Å². The fourth-order valence-electron chi connectivity index (χ4n) is 5.08. The van der Waals surface area contributed by atoms with Gasteiger partial charge in [-0.2, -0.15) is 19.3 Å². The van der Waals surface area contributed by atoms with E-state index in [0.717, 1.165) is 0 Å². The largest absolute Gasteiger partial charge is 0.361 e. The first kappa shape index (κ1) is 27.8. The van der Waals surface area contributed by atoms with Crippen molar-refractivity contribution in [3.8, 4) is 24.3 Å². The SMILES string of the molecule is [C-]#[N+]C1=C(c2ccc([N+]#[C-])nc2F)/C(=C(/C#N)[N+]#[C-])c2cc3c(cc21)/C(=C(/C#N)[N+]#[C-])C(c1ccc(C#N)nc1F)=C3C#N. The molecule has 0 unspecified atom stereocenters. The molecule has 12 heteroatoms. The van der Waals surface area contributed by atoms with E-state index in [2.05, 4.69) is 29.3 Å². The molecule has 3 aromatic rings. The van der Waals surface area contributed by atoms with E-state index in [0.29, 0.717) is 0 Å². The predicted octanol–water partition coefficient (Wildman–Crippen LogP) is 6.73. The van der Waals surface area contributed by atoms with Crippen LogP contribution in [0.15, 0.2) is 47.8 Å². The molecule has 2 aliphatic carbocycles. The van der Waals surface area contributed by atoms with Crippen LogP contribution in [0.2, 0.25) is 0 Å². The summed E-state index contributed by atoms with van der Waals surface area (Å²) in [6.45, 7) is 30.3. The van der Waals surface area contributed by atoms with E-state index in [1.165, 1.54) is 36.4 Å². The number of nitrogens with zero attached hydrogens (tertiary/aromatic N) is 10. The van der Waals surface area contributed by atoms with E-state index < -0.39 is 23.3 Å². The van der Waals surface area contributed by atoms with Gasteiger partial charge in [0.05, 0.1) is 37.4 Å². The standard InChI is InChI=1S/C32H6F2N10/c1-39-23(13-37)27-19-10-21-20(9-18(19)22(12-36)26(27)16-6-5-15(11-35)43-31(16)33)28(24(14-38)40-2)29(30(21)42-4)17-7-8-25(41-3)44-32(17)34/h5-10H/b27-23+,28-24-. The summed E-state index contributed by atoms with van der Waals surface area (Å²) < 4.78 is 30.5. The van der Waals surface area contributed by atoms with Crippen molar-refractivity contribution >= 4 is 39.4 Å². The van der Waals surface area contributed by atoms with Crippen molar-refractivity contribution in [2.24, 2.45) is 0 Å². The zero-order valence-electron chi connectivity index (χ0n) is 21.7. The molecule has 5 rings (SSSR count). The number of hydrogen-bond donors (Lipinski definition) is 0. The van der Waals surface area contributed by atoms with E-state index in [1.807, 2.05) is 6.07 Å². The summed E-state index contributed by atoms with van der Waals surface area (Å²) in [5, 5.41) is 39.1. The summed E-state index contributed by atoms with van der Waals surface area (Å²) in [6, 6.07) is 14.7. The highest BCUT2D eigenvalue weighted by Gasteiger charge is 2.38. The van der Waals surface area contributed by atoms with Crippen molar-refractivity contribution in [1.82, 2.24) is 9.97 Å². The second kappa shape index (κ2) is 10.7. The average Bonchev–Trinajstić information content (AvgIpc) is 3.52. The molecule has 0 saturated heterocycles. The van der Waals surface area contributed by atoms with E-state index in [-0.39, 0.29) is 78.5 Å². The van der Waals surface area contributed by atoms with Crippen LogP contribution in [0, 0.1) is 83.5 Å². The first-order valence-electron chi connectivity index (χ1n) is 11.9. The Morgan fingerprint density at radius 3 is 1.73 bits per heavy atom. The number of pyridine rings is 2. The maximum Gasteiger partial charge on any atom is 0.308 e. The van der Waals surface area contributed by atoms with Crippen molar-refractivity contribution in [2.75, 3.05) is 0 Å². The predicted molar refractivity (Wildman–Crippen MR) is 150 cm³/mol. The Balaban J connectivity index is 1.94. The molecule has 1 aromatic carbocycles. The van der Waals surface area contributed by atoms with Gasteiger partial charge < -0.3 is 4.85 Å². The van der Waals surface area contributed by atoms with E-state index in [4.69, 9.17) is 31.6 Å². The lowest BCUT2D eigenvalue weighted by Gasteiger charge is -2.12. The molecule has 0 radical (unpaired) electrons. The highest BCUT2D eigenvalue weighted by atomic mass is 19.1. The minimum Gasteiger partial charge on any atom is -0.361 e. The molecule has 2 aromatic heterocycles. The number of allylic oxidation sites excluding steroid dienone is 7. The zero-order valence-corrected chi connectivity index (χ0v) is 21.7. The molecular formula is C32H6F2N10. The number of aromatic nitrogens is 2. The van der Waals surface area contributed by atoms with Crippen LogP contribution in [-0.2, 0) is 0 Å². The van der Waals surface area contributed by atoms with E-state index >= 15 is 8.78 Å². The summed E-state index contributed by atoms with van der Waals surface area (Å²) >= 11 is 0. The normalized spacial score (nSPS) is 14.8. The first-order valence-corrected chi connectivity index (χ1v) is 11.9. The van der Waals surface area contributed by atoms with Crippen molar-refractivity contribution in [1.29, 1.82) is 21.0 Å². The van der Waals surface area contributed by atoms with Crippen molar-refractivity contribution < 1.29 is 8.78 Å². The zero-order chi connectivity index (χ0) is 31.7. The van der Waals surface area contributed by atoms with Gasteiger partial charge in [-0.1, -0.05) is 23.7 Å². The Labute approximate surface area is 247 Å². The minimum atomic E-state index is -1.14. The molecule has 0 spiro atoms. The summed E-state index contributed by atoms with van der Waals surface area (Å²) in [4.78, 5) is 20.4. The molecule has 2 aliphatic rings. The van der Waals surface area contributed by atoms with Gasteiger partial charge in [-0.05, 0) is 57.7 Å². The fraction of sp³-hybridized carbons (Fsp3) is 0. The Hall–Kier alpha value is -7.74. The van der Waals surface area contributed by atoms with Crippen LogP contribution < -0.4 is 0 Å². The Morgan fingerprint density at radius 2 is 1.20 bits per heavy atom. The lowest BCUT2D eigenvalue weighted by atomic mass is 9.92. The van der Waals surface area contributed by atoms with E-state index in [9.17, 15) is 15.8 Å². The van der Waals surface area contributed by atoms with Gasteiger partial charge in [0, 0.05) is 22.3 Å². The lowest BCUT2D eigenvalue weighted by molar-refractivity contribution is 0.579. The number of fused-ring (bicyclic) bond motifs is 2. The molecule has 0 fully saturated rings. The quantitative estimate of drug-likeness (QED) is 0.191. The summed E-state index contributed by atoms with van der Waals surface area (Å²) in [5.74, 6) is -2.53. The molecule has 0 aliphatic heterocycles. The van der Waals surface area contributed by atoms with Crippen LogP contribution in [0.1, 0.15) is 39.1 Å². The fourth-order valence-corrected chi connectivity index (χ4v) is 5.08. The van der Waals surface area contributed by atoms with Crippen molar-refractivity contribution in [3.05, 3.63) is 144 Å². The van der Waals surface area contributed by atoms with Gasteiger partial charge in [-0.15, -0.1) is 0 Å². The second-order valence-corrected chi connectivity index (χ2v) is 8.80. The van der Waals surface area contributed by atoms with Gasteiger partial charge in [0.2, 0.25) is 11.6 Å². The molecule has 44 heavy (non-hydrogen) atoms. The molecular weight excluding hydrogens is 562 g/mol. The maximum absolute atomic E-state index is 15.2. The smallest absolute Gasteiger partial charge is 0.308 e. The summed E-state index contributed by atoms with van der Waals surface area (Å²) in [5.41, 5.74) is -2.39. The molecule has 0 saturated carbocycles. The van der Waals surface area contributed by atoms with Crippen LogP contribution in [-0.4, -0.2) is 9.97 Å². The van der Waals surface area contributed by atoms with Crippen LogP contribution >= 0.6 is 0 Å². The topological polar surface area (TPSA) is 138 Å². The van der Waals surface area contributed by atoms with Crippen LogP contribution in [0.5, 0.6) is 0 Å². The van der Waals surface area contributed by atoms with Crippen LogP contribution in [0.25, 0.3) is 52.9 Å². The number of nitriles is 4. The second-order valence-electron chi connectivity index (χ2n) is 8.80. The molecule has 0 bridgehead atoms. The number of rotatable bonds is 2. The molecule has 0 N–H and O–H groups in total. The van der Waals surface area contributed by atoms with Gasteiger partial charge in [-0.3, -0.25) is 0 Å². The van der Waals surface area contributed by atoms with Gasteiger partial charge in [0.25, 0.3) is 17.2 Å². The van der Waals surface area contributed by atoms with Crippen LogP contribution in [0.3, 0.4) is 0 Å². The highest BCUT2D eigenvalue weighted by Crippen LogP contribution is 2.55. The monoisotopic (exact) mass is 568 g/mol. The number of halogens is 2. The Bertz CT molecular complexity index is 2190. The molecule has 198 valence electrons. The lowest BCUT2D eigenvalue weighted by Crippen LogP contribution is -1.98. The Morgan fingerprint density at radius 1 is 0.636 bits per heavy atom. The Kier molecular flexibility index (Phi) is 6.75. The summed E-state index contributed by atoms with van der Waals surface area (Å²) in [6.07, 6.45) is 0. The van der Waals surface area contributed by atoms with Gasteiger partial charge in [0.15, 0.2) is 0 Å². The molecule has 0 atom stereocenters. The van der Waals surface area contributed by atoms with Gasteiger partial charge in [-0.25, -0.2) is 30.0 Å². The van der Waals surface area contributed by atoms with E-state index in [1.54, 1.807) is 18.2 Å². The minimum absolute atomic E-state index is 0.0868. The third kappa shape index (κ3) is 3.93. The molecule has 0 amide bonds. The highest BCUT2D eigenvalue weighted by molar-refractivity contribution is 6.29. The molecule has 10 nitrogen and oxygen atoms in total. The third-order valence-electron chi connectivity index (χ3n) is 6.79. The van der Waals surface area contributed by atoms with Gasteiger partial charge in [0.1, 0.15) is 17.8 Å². The number of hydrogen-bond acceptors (Lipinski definition) is 6. The van der Waals surface area contributed by atoms with Crippen molar-refractivity contribution in [3.63, 3.8) is 0 Å². The average molecular weight is 568 g/mol. The maximum atomic E-state index is 15.2. The van der Waals surface area contributed by atoms with Crippen LogP contribution in [0.4, 0.5) is 14.6 Å².